The molecule has 0 aliphatic carbocycles. The van der Waals surface area contributed by atoms with Crippen LogP contribution in [0.2, 0.25) is 0 Å². The van der Waals surface area contributed by atoms with Gasteiger partial charge in [-0.3, -0.25) is 0 Å². The molecule has 2 unspecified atom stereocenters. The molecule has 2 rings (SSSR count). The van der Waals surface area contributed by atoms with E-state index in [1.54, 1.807) is 0 Å². The van der Waals surface area contributed by atoms with Crippen molar-refractivity contribution >= 4 is 0 Å². The van der Waals surface area contributed by atoms with Gasteiger partial charge in [0, 0.05) is 12.6 Å². The minimum absolute atomic E-state index is 0.153. The summed E-state index contributed by atoms with van der Waals surface area (Å²) < 4.78 is 5.56. The van der Waals surface area contributed by atoms with E-state index in [-0.39, 0.29) is 12.1 Å². The van der Waals surface area contributed by atoms with Crippen molar-refractivity contribution in [3.63, 3.8) is 0 Å². The number of hydrogen-bond donors (Lipinski definition) is 1. The maximum atomic E-state index is 6.09. The normalized spacial score (nSPS) is 23.6. The molecule has 0 spiro atoms. The van der Waals surface area contributed by atoms with Gasteiger partial charge in [0.05, 0.1) is 6.10 Å². The highest BCUT2D eigenvalue weighted by Crippen LogP contribution is 2.17. The number of rotatable bonds is 3. The van der Waals surface area contributed by atoms with Gasteiger partial charge in [0.2, 0.25) is 0 Å². The molecule has 2 atom stereocenters. The molecular formula is C12H17NO. The molecule has 76 valence electrons. The predicted molar refractivity (Wildman–Crippen MR) is 57.1 cm³/mol. The van der Waals surface area contributed by atoms with Gasteiger partial charge in [-0.25, -0.2) is 0 Å². The fourth-order valence-electron chi connectivity index (χ4n) is 1.96. The molecule has 1 aromatic rings. The zero-order valence-corrected chi connectivity index (χ0v) is 8.36. The second kappa shape index (κ2) is 4.58. The molecule has 14 heavy (non-hydrogen) atoms. The molecule has 1 aliphatic rings. The van der Waals surface area contributed by atoms with E-state index in [1.165, 1.54) is 5.56 Å². The van der Waals surface area contributed by atoms with Crippen LogP contribution in [0.1, 0.15) is 18.4 Å². The van der Waals surface area contributed by atoms with Crippen molar-refractivity contribution in [2.75, 3.05) is 6.61 Å². The average Bonchev–Trinajstić information content (AvgIpc) is 2.72. The van der Waals surface area contributed by atoms with Gasteiger partial charge in [0.25, 0.3) is 0 Å². The first-order valence-electron chi connectivity index (χ1n) is 5.27. The molecule has 1 aliphatic heterocycles. The lowest BCUT2D eigenvalue weighted by Crippen LogP contribution is -2.36. The Balaban J connectivity index is 1.90. The van der Waals surface area contributed by atoms with Crippen molar-refractivity contribution in [3.05, 3.63) is 35.9 Å². The molecule has 2 N–H and O–H groups in total. The Morgan fingerprint density at radius 3 is 2.79 bits per heavy atom. The molecule has 1 aromatic carbocycles. The molecule has 0 aromatic heterocycles. The number of hydrogen-bond acceptors (Lipinski definition) is 2. The third-order valence-electron chi connectivity index (χ3n) is 2.76. The Kier molecular flexibility index (Phi) is 3.17. The fraction of sp³-hybridized carbons (Fsp3) is 0.500. The van der Waals surface area contributed by atoms with Gasteiger partial charge >= 0.3 is 0 Å². The van der Waals surface area contributed by atoms with Crippen molar-refractivity contribution in [1.82, 2.24) is 0 Å². The monoisotopic (exact) mass is 191 g/mol. The highest BCUT2D eigenvalue weighted by Gasteiger charge is 2.22. The van der Waals surface area contributed by atoms with E-state index in [1.807, 2.05) is 6.07 Å². The van der Waals surface area contributed by atoms with E-state index in [0.717, 1.165) is 25.9 Å². The highest BCUT2D eigenvalue weighted by molar-refractivity contribution is 5.16. The van der Waals surface area contributed by atoms with Crippen molar-refractivity contribution < 1.29 is 4.74 Å². The van der Waals surface area contributed by atoms with Gasteiger partial charge in [0.1, 0.15) is 0 Å². The average molecular weight is 191 g/mol. The SMILES string of the molecule is NC(Cc1ccccc1)C1CCCO1. The third-order valence-corrected chi connectivity index (χ3v) is 2.76. The topological polar surface area (TPSA) is 35.2 Å². The first-order chi connectivity index (χ1) is 6.86. The molecule has 0 saturated carbocycles. The summed E-state index contributed by atoms with van der Waals surface area (Å²) in [4.78, 5) is 0. The van der Waals surface area contributed by atoms with Crippen LogP contribution in [-0.2, 0) is 11.2 Å². The zero-order valence-electron chi connectivity index (χ0n) is 8.36. The van der Waals surface area contributed by atoms with E-state index in [9.17, 15) is 0 Å². The summed E-state index contributed by atoms with van der Waals surface area (Å²) in [5, 5.41) is 0. The number of nitrogens with two attached hydrogens (primary N) is 1. The van der Waals surface area contributed by atoms with Gasteiger partial charge in [0.15, 0.2) is 0 Å². The first kappa shape index (κ1) is 9.69. The summed E-state index contributed by atoms with van der Waals surface area (Å²) in [6, 6.07) is 10.5. The minimum Gasteiger partial charge on any atom is -0.377 e. The molecule has 0 radical (unpaired) electrons. The quantitative estimate of drug-likeness (QED) is 0.789. The number of ether oxygens (including phenoxy) is 1. The Labute approximate surface area is 85.1 Å². The standard InChI is InChI=1S/C12H17NO/c13-11(12-7-4-8-14-12)9-10-5-2-1-3-6-10/h1-3,5-6,11-12H,4,7-9,13H2. The lowest BCUT2D eigenvalue weighted by atomic mass is 10.0. The van der Waals surface area contributed by atoms with Crippen LogP contribution in [0.4, 0.5) is 0 Å². The molecule has 1 heterocycles. The van der Waals surface area contributed by atoms with E-state index < -0.39 is 0 Å². The minimum atomic E-state index is 0.153. The van der Waals surface area contributed by atoms with E-state index >= 15 is 0 Å². The van der Waals surface area contributed by atoms with Crippen LogP contribution in [0.25, 0.3) is 0 Å². The zero-order chi connectivity index (χ0) is 9.80. The maximum absolute atomic E-state index is 6.09. The second-order valence-electron chi connectivity index (χ2n) is 3.91. The Morgan fingerprint density at radius 2 is 2.14 bits per heavy atom. The van der Waals surface area contributed by atoms with Gasteiger partial charge in [-0.1, -0.05) is 30.3 Å². The van der Waals surface area contributed by atoms with Crippen LogP contribution in [0.3, 0.4) is 0 Å². The smallest absolute Gasteiger partial charge is 0.0730 e. The molecule has 1 saturated heterocycles. The van der Waals surface area contributed by atoms with Crippen molar-refractivity contribution in [2.24, 2.45) is 5.73 Å². The lowest BCUT2D eigenvalue weighted by Gasteiger charge is -2.18. The molecule has 2 nitrogen and oxygen atoms in total. The summed E-state index contributed by atoms with van der Waals surface area (Å²) >= 11 is 0. The summed E-state index contributed by atoms with van der Waals surface area (Å²) in [5.74, 6) is 0. The van der Waals surface area contributed by atoms with E-state index in [2.05, 4.69) is 24.3 Å². The lowest BCUT2D eigenvalue weighted by molar-refractivity contribution is 0.0900. The van der Waals surface area contributed by atoms with Crippen LogP contribution < -0.4 is 5.73 Å². The number of benzene rings is 1. The van der Waals surface area contributed by atoms with Crippen molar-refractivity contribution in [1.29, 1.82) is 0 Å². The van der Waals surface area contributed by atoms with Gasteiger partial charge in [-0.2, -0.15) is 0 Å². The summed E-state index contributed by atoms with van der Waals surface area (Å²) in [6.07, 6.45) is 3.47. The van der Waals surface area contributed by atoms with Crippen LogP contribution in [0.5, 0.6) is 0 Å². The largest absolute Gasteiger partial charge is 0.377 e. The third kappa shape index (κ3) is 2.34. The van der Waals surface area contributed by atoms with Gasteiger partial charge in [-0.05, 0) is 24.8 Å². The highest BCUT2D eigenvalue weighted by atomic mass is 16.5. The molecule has 0 bridgehead atoms. The van der Waals surface area contributed by atoms with E-state index in [4.69, 9.17) is 10.5 Å². The molecule has 1 fully saturated rings. The first-order valence-corrected chi connectivity index (χ1v) is 5.27. The second-order valence-corrected chi connectivity index (χ2v) is 3.91. The van der Waals surface area contributed by atoms with Crippen LogP contribution in [0.15, 0.2) is 30.3 Å². The van der Waals surface area contributed by atoms with Crippen LogP contribution >= 0.6 is 0 Å². The Hall–Kier alpha value is -0.860. The predicted octanol–water partition coefficient (Wildman–Crippen LogP) is 1.74. The van der Waals surface area contributed by atoms with Gasteiger partial charge in [-0.15, -0.1) is 0 Å². The maximum Gasteiger partial charge on any atom is 0.0730 e. The summed E-state index contributed by atoms with van der Waals surface area (Å²) in [6.45, 7) is 0.882. The summed E-state index contributed by atoms with van der Waals surface area (Å²) in [7, 11) is 0. The summed E-state index contributed by atoms with van der Waals surface area (Å²) in [5.41, 5.74) is 7.39. The molecule has 2 heteroatoms. The van der Waals surface area contributed by atoms with Gasteiger partial charge < -0.3 is 10.5 Å². The van der Waals surface area contributed by atoms with Crippen molar-refractivity contribution in [3.8, 4) is 0 Å². The van der Waals surface area contributed by atoms with E-state index in [0.29, 0.717) is 0 Å². The fourth-order valence-corrected chi connectivity index (χ4v) is 1.96. The Morgan fingerprint density at radius 1 is 1.36 bits per heavy atom. The molecular weight excluding hydrogens is 174 g/mol. The Bertz CT molecular complexity index is 267. The van der Waals surface area contributed by atoms with Crippen LogP contribution in [0, 0.1) is 0 Å². The van der Waals surface area contributed by atoms with Crippen LogP contribution in [-0.4, -0.2) is 18.8 Å². The van der Waals surface area contributed by atoms with Crippen molar-refractivity contribution in [2.45, 2.75) is 31.4 Å². The molecule has 0 amide bonds.